The van der Waals surface area contributed by atoms with Crippen LogP contribution in [0.5, 0.6) is 0 Å². The lowest BCUT2D eigenvalue weighted by Crippen LogP contribution is -2.51. The summed E-state index contributed by atoms with van der Waals surface area (Å²) in [5, 5.41) is 0. The van der Waals surface area contributed by atoms with E-state index < -0.39 is 6.10 Å². The number of rotatable bonds is 8. The van der Waals surface area contributed by atoms with Gasteiger partial charge in [-0.25, -0.2) is 4.98 Å². The van der Waals surface area contributed by atoms with Crippen LogP contribution < -0.4 is 4.90 Å². The number of aromatic nitrogens is 1. The summed E-state index contributed by atoms with van der Waals surface area (Å²) in [7, 11) is 0. The highest BCUT2D eigenvalue weighted by molar-refractivity contribution is 6.05. The molecule has 32 heavy (non-hydrogen) atoms. The van der Waals surface area contributed by atoms with Crippen molar-refractivity contribution >= 4 is 23.6 Å². The summed E-state index contributed by atoms with van der Waals surface area (Å²) in [5.74, 6) is -0.0881. The second-order valence-corrected chi connectivity index (χ2v) is 8.78. The number of allylic oxidation sites excluding steroid dienone is 2. The highest BCUT2D eigenvalue weighted by Crippen LogP contribution is 2.35. The van der Waals surface area contributed by atoms with Crippen molar-refractivity contribution in [1.29, 1.82) is 0 Å². The van der Waals surface area contributed by atoms with Crippen molar-refractivity contribution in [2.75, 3.05) is 44.2 Å². The Morgan fingerprint density at radius 2 is 1.75 bits per heavy atom. The van der Waals surface area contributed by atoms with Gasteiger partial charge in [-0.1, -0.05) is 25.1 Å². The molecule has 0 N–H and O–H groups in total. The third kappa shape index (κ3) is 5.01. The van der Waals surface area contributed by atoms with Crippen molar-refractivity contribution in [2.45, 2.75) is 38.7 Å². The topological polar surface area (TPSA) is 83.1 Å². The first kappa shape index (κ1) is 22.5. The molecule has 0 bridgehead atoms. The normalized spacial score (nSPS) is 24.5. The minimum Gasteiger partial charge on any atom is -0.459 e. The molecule has 0 spiro atoms. The molecule has 1 unspecified atom stereocenters. The van der Waals surface area contributed by atoms with E-state index in [1.807, 2.05) is 37.3 Å². The molecule has 2 amide bonds. The van der Waals surface area contributed by atoms with Gasteiger partial charge in [-0.05, 0) is 31.4 Å². The standard InChI is InChI=1S/C24H32N4O4/c1-2-7-22(29)32-18(17-28-23(30)19-8-3-4-9-20(19)24(28)31)16-26-12-14-27(15-13-26)21-10-5-6-11-25-21/h3-6,10-11,18-20H,2,7-9,12-17H2,1H3/t18?,19-,20+. The second-order valence-electron chi connectivity index (χ2n) is 8.78. The van der Waals surface area contributed by atoms with Gasteiger partial charge < -0.3 is 9.64 Å². The Morgan fingerprint density at radius 1 is 1.06 bits per heavy atom. The van der Waals surface area contributed by atoms with Crippen molar-refractivity contribution in [3.8, 4) is 0 Å². The molecule has 8 heteroatoms. The SMILES string of the molecule is CCCC(=O)OC(CN1CCN(c2ccccn2)CC1)CN1C(=O)[C@H]2CC=CC[C@H]2C1=O. The fraction of sp³-hybridized carbons (Fsp3) is 0.583. The molecule has 0 saturated carbocycles. The van der Waals surface area contributed by atoms with Gasteiger partial charge in [0.25, 0.3) is 0 Å². The number of piperazine rings is 1. The van der Waals surface area contributed by atoms with E-state index in [2.05, 4.69) is 14.8 Å². The maximum absolute atomic E-state index is 12.9. The minimum atomic E-state index is -0.517. The minimum absolute atomic E-state index is 0.124. The number of hydrogen-bond acceptors (Lipinski definition) is 7. The van der Waals surface area contributed by atoms with Crippen LogP contribution in [0.4, 0.5) is 5.82 Å². The van der Waals surface area contributed by atoms with E-state index in [-0.39, 0.29) is 36.2 Å². The molecule has 2 fully saturated rings. The van der Waals surface area contributed by atoms with E-state index in [0.29, 0.717) is 32.2 Å². The monoisotopic (exact) mass is 440 g/mol. The number of imide groups is 1. The number of pyridine rings is 1. The van der Waals surface area contributed by atoms with Gasteiger partial charge in [0.2, 0.25) is 11.8 Å². The molecule has 0 radical (unpaired) electrons. The average Bonchev–Trinajstić information content (AvgIpc) is 3.05. The van der Waals surface area contributed by atoms with E-state index in [1.54, 1.807) is 6.20 Å². The fourth-order valence-electron chi connectivity index (χ4n) is 4.82. The summed E-state index contributed by atoms with van der Waals surface area (Å²) >= 11 is 0. The second kappa shape index (κ2) is 10.3. The number of ether oxygens (including phenoxy) is 1. The Kier molecular flexibility index (Phi) is 7.19. The Bertz CT molecular complexity index is 825. The zero-order chi connectivity index (χ0) is 22.5. The predicted molar refractivity (Wildman–Crippen MR) is 120 cm³/mol. The molecule has 3 aliphatic rings. The van der Waals surface area contributed by atoms with E-state index in [0.717, 1.165) is 32.0 Å². The summed E-state index contributed by atoms with van der Waals surface area (Å²) < 4.78 is 5.75. The van der Waals surface area contributed by atoms with Gasteiger partial charge in [-0.15, -0.1) is 0 Å². The number of nitrogens with zero attached hydrogens (tertiary/aromatic N) is 4. The highest BCUT2D eigenvalue weighted by Gasteiger charge is 2.48. The number of likely N-dealkylation sites (tertiary alicyclic amines) is 1. The molecule has 1 aromatic rings. The van der Waals surface area contributed by atoms with Crippen molar-refractivity contribution < 1.29 is 19.1 Å². The number of esters is 1. The van der Waals surface area contributed by atoms with Crippen LogP contribution in [0, 0.1) is 11.8 Å². The van der Waals surface area contributed by atoms with E-state index >= 15 is 0 Å². The molecule has 3 atom stereocenters. The van der Waals surface area contributed by atoms with Crippen molar-refractivity contribution in [1.82, 2.24) is 14.8 Å². The molecule has 2 saturated heterocycles. The lowest BCUT2D eigenvalue weighted by molar-refractivity contribution is -0.155. The number of hydrogen-bond donors (Lipinski definition) is 0. The number of carbonyl (C=O) groups excluding carboxylic acids is 3. The van der Waals surface area contributed by atoms with Gasteiger partial charge in [0.05, 0.1) is 18.4 Å². The Labute approximate surface area is 189 Å². The molecule has 1 aromatic heterocycles. The first-order valence-corrected chi connectivity index (χ1v) is 11.6. The zero-order valence-electron chi connectivity index (χ0n) is 18.7. The van der Waals surface area contributed by atoms with Gasteiger partial charge in [0, 0.05) is 45.3 Å². The Morgan fingerprint density at radius 3 is 2.34 bits per heavy atom. The molecular formula is C24H32N4O4. The van der Waals surface area contributed by atoms with Crippen LogP contribution in [0.25, 0.3) is 0 Å². The summed E-state index contributed by atoms with van der Waals surface area (Å²) in [4.78, 5) is 48.3. The molecule has 0 aromatic carbocycles. The fourth-order valence-corrected chi connectivity index (χ4v) is 4.82. The largest absolute Gasteiger partial charge is 0.459 e. The number of fused-ring (bicyclic) bond motifs is 1. The Hall–Kier alpha value is -2.74. The molecule has 3 heterocycles. The molecule has 1 aliphatic carbocycles. The van der Waals surface area contributed by atoms with Crippen LogP contribution in [0.3, 0.4) is 0 Å². The van der Waals surface area contributed by atoms with Gasteiger partial charge in [0.1, 0.15) is 11.9 Å². The first-order valence-electron chi connectivity index (χ1n) is 11.6. The molecular weight excluding hydrogens is 408 g/mol. The van der Waals surface area contributed by atoms with Gasteiger partial charge >= 0.3 is 5.97 Å². The summed E-state index contributed by atoms with van der Waals surface area (Å²) in [6.45, 7) is 5.83. The van der Waals surface area contributed by atoms with Crippen LogP contribution in [0.15, 0.2) is 36.5 Å². The van der Waals surface area contributed by atoms with Crippen molar-refractivity contribution in [3.63, 3.8) is 0 Å². The number of carbonyl (C=O) groups is 3. The lowest BCUT2D eigenvalue weighted by Gasteiger charge is -2.37. The average molecular weight is 441 g/mol. The summed E-state index contributed by atoms with van der Waals surface area (Å²) in [5.41, 5.74) is 0. The van der Waals surface area contributed by atoms with E-state index in [9.17, 15) is 14.4 Å². The molecule has 4 rings (SSSR count). The van der Waals surface area contributed by atoms with Crippen LogP contribution in [0.1, 0.15) is 32.6 Å². The number of anilines is 1. The summed E-state index contributed by atoms with van der Waals surface area (Å²) in [6.07, 6.45) is 7.50. The smallest absolute Gasteiger partial charge is 0.306 e. The third-order valence-electron chi connectivity index (χ3n) is 6.54. The lowest BCUT2D eigenvalue weighted by atomic mass is 9.85. The Balaban J connectivity index is 1.38. The first-order chi connectivity index (χ1) is 15.6. The molecule has 8 nitrogen and oxygen atoms in total. The van der Waals surface area contributed by atoms with Crippen LogP contribution in [0.2, 0.25) is 0 Å². The van der Waals surface area contributed by atoms with Crippen LogP contribution >= 0.6 is 0 Å². The maximum atomic E-state index is 12.9. The molecule has 172 valence electrons. The molecule has 2 aliphatic heterocycles. The van der Waals surface area contributed by atoms with Crippen LogP contribution in [-0.2, 0) is 19.1 Å². The predicted octanol–water partition coefficient (Wildman–Crippen LogP) is 1.87. The van der Waals surface area contributed by atoms with Crippen molar-refractivity contribution in [2.24, 2.45) is 11.8 Å². The van der Waals surface area contributed by atoms with Crippen molar-refractivity contribution in [3.05, 3.63) is 36.5 Å². The van der Waals surface area contributed by atoms with E-state index in [4.69, 9.17) is 4.74 Å². The van der Waals surface area contributed by atoms with Gasteiger partial charge in [-0.2, -0.15) is 0 Å². The maximum Gasteiger partial charge on any atom is 0.306 e. The quantitative estimate of drug-likeness (QED) is 0.347. The van der Waals surface area contributed by atoms with Crippen LogP contribution in [-0.4, -0.2) is 77.9 Å². The van der Waals surface area contributed by atoms with Gasteiger partial charge in [-0.3, -0.25) is 24.2 Å². The summed E-state index contributed by atoms with van der Waals surface area (Å²) in [6, 6.07) is 5.89. The third-order valence-corrected chi connectivity index (χ3v) is 6.54. The highest BCUT2D eigenvalue weighted by atomic mass is 16.5. The number of amides is 2. The van der Waals surface area contributed by atoms with Gasteiger partial charge in [0.15, 0.2) is 0 Å². The zero-order valence-corrected chi connectivity index (χ0v) is 18.7. The van der Waals surface area contributed by atoms with E-state index in [1.165, 1.54) is 4.90 Å².